The van der Waals surface area contributed by atoms with Crippen molar-refractivity contribution in [2.75, 3.05) is 12.4 Å². The molecule has 0 aliphatic carbocycles. The van der Waals surface area contributed by atoms with Gasteiger partial charge in [0.25, 0.3) is 0 Å². The lowest BCUT2D eigenvalue weighted by molar-refractivity contribution is 0.439. The lowest BCUT2D eigenvalue weighted by Gasteiger charge is -2.05. The van der Waals surface area contributed by atoms with E-state index in [0.29, 0.717) is 5.75 Å². The third-order valence-corrected chi connectivity index (χ3v) is 2.37. The van der Waals surface area contributed by atoms with Crippen LogP contribution in [-0.2, 0) is 0 Å². The summed E-state index contributed by atoms with van der Waals surface area (Å²) in [5, 5.41) is 2.63. The van der Waals surface area contributed by atoms with Crippen LogP contribution in [-0.4, -0.2) is 22.0 Å². The van der Waals surface area contributed by atoms with Crippen molar-refractivity contribution in [2.24, 2.45) is 0 Å². The highest BCUT2D eigenvalue weighted by molar-refractivity contribution is 6.30. The molecule has 0 spiro atoms. The zero-order valence-corrected chi connectivity index (χ0v) is 10.6. The van der Waals surface area contributed by atoms with E-state index in [0.717, 1.165) is 0 Å². The molecule has 0 aliphatic heterocycles. The topological polar surface area (TPSA) is 59.9 Å². The smallest absolute Gasteiger partial charge is 0.328 e. The molecule has 0 saturated carbocycles. The Kier molecular flexibility index (Phi) is 3.78. The number of aromatic nitrogens is 3. The number of halogens is 3. The van der Waals surface area contributed by atoms with Gasteiger partial charge in [-0.2, -0.15) is 15.0 Å². The molecule has 0 saturated heterocycles. The minimum Gasteiger partial charge on any atom is -0.424 e. The number of hydrogen-bond acceptors (Lipinski definition) is 5. The SMILES string of the molecule is CNc1nc(Cl)nc(Oc2ccc(F)c(Cl)c2)n1. The van der Waals surface area contributed by atoms with E-state index in [9.17, 15) is 4.39 Å². The molecule has 0 fully saturated rings. The molecule has 1 aromatic heterocycles. The van der Waals surface area contributed by atoms with Crippen LogP contribution < -0.4 is 10.1 Å². The Morgan fingerprint density at radius 1 is 1.22 bits per heavy atom. The van der Waals surface area contributed by atoms with Gasteiger partial charge in [-0.25, -0.2) is 4.39 Å². The molecule has 0 bridgehead atoms. The lowest BCUT2D eigenvalue weighted by Crippen LogP contribution is -2.01. The Hall–Kier alpha value is -1.66. The number of nitrogens with one attached hydrogen (secondary N) is 1. The molecule has 1 heterocycles. The van der Waals surface area contributed by atoms with E-state index in [4.69, 9.17) is 27.9 Å². The molecule has 8 heteroatoms. The first-order valence-electron chi connectivity index (χ1n) is 4.80. The van der Waals surface area contributed by atoms with Crippen LogP contribution in [0.2, 0.25) is 10.3 Å². The van der Waals surface area contributed by atoms with Gasteiger partial charge in [0.15, 0.2) is 0 Å². The molecule has 1 N–H and O–H groups in total. The Morgan fingerprint density at radius 3 is 2.67 bits per heavy atom. The summed E-state index contributed by atoms with van der Waals surface area (Å²) in [6.07, 6.45) is 0. The molecule has 94 valence electrons. The minimum atomic E-state index is -0.534. The first kappa shape index (κ1) is 12.8. The summed E-state index contributed by atoms with van der Waals surface area (Å²) in [7, 11) is 1.63. The molecule has 0 atom stereocenters. The van der Waals surface area contributed by atoms with E-state index in [1.54, 1.807) is 7.05 Å². The molecule has 0 aliphatic rings. The van der Waals surface area contributed by atoms with Crippen LogP contribution in [0, 0.1) is 5.82 Å². The third-order valence-electron chi connectivity index (χ3n) is 1.91. The van der Waals surface area contributed by atoms with Crippen molar-refractivity contribution >= 4 is 29.2 Å². The predicted octanol–water partition coefficient (Wildman–Crippen LogP) is 3.15. The van der Waals surface area contributed by atoms with Crippen LogP contribution in [0.15, 0.2) is 18.2 Å². The van der Waals surface area contributed by atoms with Gasteiger partial charge >= 0.3 is 6.01 Å². The Bertz CT molecular complexity index is 582. The summed E-state index contributed by atoms with van der Waals surface area (Å²) in [5.41, 5.74) is 0. The van der Waals surface area contributed by atoms with E-state index < -0.39 is 5.82 Å². The second-order valence-corrected chi connectivity index (χ2v) is 3.88. The lowest BCUT2D eigenvalue weighted by atomic mass is 10.3. The number of benzene rings is 1. The largest absolute Gasteiger partial charge is 0.424 e. The maximum Gasteiger partial charge on any atom is 0.328 e. The summed E-state index contributed by atoms with van der Waals surface area (Å²) < 4.78 is 18.3. The molecule has 0 amide bonds. The molecular formula is C10H7Cl2FN4O. The normalized spacial score (nSPS) is 10.2. The fourth-order valence-electron chi connectivity index (χ4n) is 1.14. The van der Waals surface area contributed by atoms with Gasteiger partial charge in [0.05, 0.1) is 5.02 Å². The molecule has 0 radical (unpaired) electrons. The number of nitrogens with zero attached hydrogens (tertiary/aromatic N) is 3. The molecule has 5 nitrogen and oxygen atoms in total. The summed E-state index contributed by atoms with van der Waals surface area (Å²) in [6, 6.07) is 3.88. The van der Waals surface area contributed by atoms with Gasteiger partial charge in [-0.1, -0.05) is 11.6 Å². The van der Waals surface area contributed by atoms with Crippen molar-refractivity contribution < 1.29 is 9.13 Å². The van der Waals surface area contributed by atoms with E-state index in [-0.39, 0.29) is 22.3 Å². The third kappa shape index (κ3) is 2.96. The Balaban J connectivity index is 2.27. The first-order valence-corrected chi connectivity index (χ1v) is 5.56. The van der Waals surface area contributed by atoms with E-state index in [1.165, 1.54) is 18.2 Å². The van der Waals surface area contributed by atoms with E-state index in [1.807, 2.05) is 0 Å². The predicted molar refractivity (Wildman–Crippen MR) is 65.9 cm³/mol. The van der Waals surface area contributed by atoms with Crippen molar-refractivity contribution in [1.29, 1.82) is 0 Å². The summed E-state index contributed by atoms with van der Waals surface area (Å²) >= 11 is 11.3. The minimum absolute atomic E-state index is 0.0120. The summed E-state index contributed by atoms with van der Waals surface area (Å²) in [6.45, 7) is 0. The van der Waals surface area contributed by atoms with Gasteiger partial charge in [0, 0.05) is 13.1 Å². The molecule has 1 aromatic carbocycles. The molecule has 0 unspecified atom stereocenters. The highest BCUT2D eigenvalue weighted by Gasteiger charge is 2.08. The molecule has 2 aromatic rings. The van der Waals surface area contributed by atoms with Gasteiger partial charge in [0.2, 0.25) is 11.2 Å². The van der Waals surface area contributed by atoms with Crippen molar-refractivity contribution in [2.45, 2.75) is 0 Å². The fraction of sp³-hybridized carbons (Fsp3) is 0.100. The Morgan fingerprint density at radius 2 is 2.00 bits per heavy atom. The standard InChI is InChI=1S/C10H7Cl2FN4O/c1-14-9-15-8(12)16-10(17-9)18-5-2-3-7(13)6(11)4-5/h2-4H,1H3,(H,14,15,16,17). The van der Waals surface area contributed by atoms with Crippen LogP contribution in [0.3, 0.4) is 0 Å². The zero-order valence-electron chi connectivity index (χ0n) is 9.12. The van der Waals surface area contributed by atoms with E-state index in [2.05, 4.69) is 20.3 Å². The molecular weight excluding hydrogens is 282 g/mol. The van der Waals surface area contributed by atoms with Crippen LogP contribution in [0.25, 0.3) is 0 Å². The van der Waals surface area contributed by atoms with Gasteiger partial charge in [0.1, 0.15) is 11.6 Å². The van der Waals surface area contributed by atoms with Gasteiger partial charge < -0.3 is 10.1 Å². The highest BCUT2D eigenvalue weighted by atomic mass is 35.5. The van der Waals surface area contributed by atoms with Crippen LogP contribution in [0.1, 0.15) is 0 Å². The summed E-state index contributed by atoms with van der Waals surface area (Å²) in [5.74, 6) is 0.0255. The second kappa shape index (κ2) is 5.32. The number of ether oxygens (including phenoxy) is 1. The number of hydrogen-bond donors (Lipinski definition) is 1. The average molecular weight is 289 g/mol. The quantitative estimate of drug-likeness (QED) is 0.940. The van der Waals surface area contributed by atoms with Crippen LogP contribution >= 0.6 is 23.2 Å². The Labute approximate surface area is 112 Å². The second-order valence-electron chi connectivity index (χ2n) is 3.14. The monoisotopic (exact) mass is 288 g/mol. The highest BCUT2D eigenvalue weighted by Crippen LogP contribution is 2.25. The van der Waals surface area contributed by atoms with Gasteiger partial charge in [-0.05, 0) is 23.7 Å². The fourth-order valence-corrected chi connectivity index (χ4v) is 1.46. The maximum absolute atomic E-state index is 13.0. The van der Waals surface area contributed by atoms with Crippen molar-refractivity contribution in [1.82, 2.24) is 15.0 Å². The summed E-state index contributed by atoms with van der Waals surface area (Å²) in [4.78, 5) is 11.5. The maximum atomic E-state index is 13.0. The zero-order chi connectivity index (χ0) is 13.1. The molecule has 18 heavy (non-hydrogen) atoms. The van der Waals surface area contributed by atoms with Gasteiger partial charge in [-0.3, -0.25) is 0 Å². The van der Waals surface area contributed by atoms with E-state index >= 15 is 0 Å². The molecule has 2 rings (SSSR count). The van der Waals surface area contributed by atoms with Crippen molar-refractivity contribution in [3.63, 3.8) is 0 Å². The number of rotatable bonds is 3. The van der Waals surface area contributed by atoms with Crippen molar-refractivity contribution in [3.8, 4) is 11.8 Å². The van der Waals surface area contributed by atoms with Crippen LogP contribution in [0.4, 0.5) is 10.3 Å². The first-order chi connectivity index (χ1) is 8.58. The van der Waals surface area contributed by atoms with Crippen molar-refractivity contribution in [3.05, 3.63) is 34.3 Å². The number of anilines is 1. The average Bonchev–Trinajstić information content (AvgIpc) is 2.33. The van der Waals surface area contributed by atoms with Gasteiger partial charge in [-0.15, -0.1) is 0 Å². The van der Waals surface area contributed by atoms with Crippen LogP contribution in [0.5, 0.6) is 11.8 Å².